The van der Waals surface area contributed by atoms with Gasteiger partial charge in [-0.1, -0.05) is 35.3 Å². The lowest BCUT2D eigenvalue weighted by Gasteiger charge is -2.37. The molecular weight excluding hydrogens is 473 g/mol. The Bertz CT molecular complexity index is 1200. The van der Waals surface area contributed by atoms with Crippen molar-refractivity contribution >= 4 is 40.6 Å². The third-order valence-electron chi connectivity index (χ3n) is 6.14. The maximum absolute atomic E-state index is 13.9. The Morgan fingerprint density at radius 2 is 1.42 bits per heavy atom. The largest absolute Gasteiger partial charge is 0.435 e. The second-order valence-electron chi connectivity index (χ2n) is 8.02. The van der Waals surface area contributed by atoms with Crippen LogP contribution in [0.2, 0.25) is 10.0 Å². The molecule has 2 aliphatic rings. The number of halogens is 4. The number of carbonyl (C=O) groups excluding carboxylic acids is 1. The third kappa shape index (κ3) is 3.42. The van der Waals surface area contributed by atoms with E-state index < -0.39 is 23.9 Å². The minimum absolute atomic E-state index is 0.111. The van der Waals surface area contributed by atoms with Gasteiger partial charge in [-0.2, -0.15) is 8.78 Å². The van der Waals surface area contributed by atoms with Gasteiger partial charge in [0.2, 0.25) is 0 Å². The van der Waals surface area contributed by atoms with Crippen LogP contribution in [0.4, 0.5) is 25.0 Å². The number of hydrogen-bond donors (Lipinski definition) is 1. The summed E-state index contributed by atoms with van der Waals surface area (Å²) in [7, 11) is 0. The minimum Gasteiger partial charge on any atom is -0.435 e. The lowest BCUT2D eigenvalue weighted by atomic mass is 9.91. The number of anilines is 2. The smallest absolute Gasteiger partial charge is 0.387 e. The van der Waals surface area contributed by atoms with E-state index in [1.54, 1.807) is 59.5 Å². The highest BCUT2D eigenvalue weighted by Gasteiger charge is 2.74. The van der Waals surface area contributed by atoms with Crippen molar-refractivity contribution in [2.45, 2.75) is 30.7 Å². The van der Waals surface area contributed by atoms with E-state index in [-0.39, 0.29) is 11.3 Å². The summed E-state index contributed by atoms with van der Waals surface area (Å²) < 4.78 is 30.3. The lowest BCUT2D eigenvalue weighted by Crippen LogP contribution is -2.51. The monoisotopic (exact) mass is 490 g/mol. The fraction of sp³-hybridized carbons (Fsp3) is 0.208. The van der Waals surface area contributed by atoms with E-state index in [2.05, 4.69) is 4.74 Å². The molecule has 3 aromatic rings. The van der Waals surface area contributed by atoms with Crippen LogP contribution in [0.3, 0.4) is 0 Å². The summed E-state index contributed by atoms with van der Waals surface area (Å²) in [5.41, 5.74) is -1.63. The van der Waals surface area contributed by atoms with E-state index in [1.165, 1.54) is 23.1 Å². The molecule has 1 saturated carbocycles. The first-order valence-electron chi connectivity index (χ1n) is 10.2. The first-order valence-corrected chi connectivity index (χ1v) is 11.0. The molecule has 9 heteroatoms. The minimum atomic E-state index is -3.02. The molecule has 1 saturated heterocycles. The van der Waals surface area contributed by atoms with E-state index >= 15 is 0 Å². The van der Waals surface area contributed by atoms with Gasteiger partial charge in [-0.05, 0) is 73.5 Å². The Morgan fingerprint density at radius 1 is 0.879 bits per heavy atom. The number of amides is 2. The fourth-order valence-corrected chi connectivity index (χ4v) is 4.85. The Balaban J connectivity index is 1.70. The number of benzene rings is 3. The van der Waals surface area contributed by atoms with Crippen LogP contribution in [-0.2, 0) is 5.72 Å². The highest BCUT2D eigenvalue weighted by molar-refractivity contribution is 6.31. The van der Waals surface area contributed by atoms with Gasteiger partial charge >= 0.3 is 12.6 Å². The Morgan fingerprint density at radius 3 is 1.94 bits per heavy atom. The van der Waals surface area contributed by atoms with Crippen molar-refractivity contribution in [3.05, 3.63) is 88.4 Å². The Kier molecular flexibility index (Phi) is 5.23. The van der Waals surface area contributed by atoms with E-state index in [0.29, 0.717) is 34.3 Å². The van der Waals surface area contributed by atoms with Crippen molar-refractivity contribution in [2.75, 3.05) is 9.80 Å². The van der Waals surface area contributed by atoms with Gasteiger partial charge in [0.15, 0.2) is 5.72 Å². The lowest BCUT2D eigenvalue weighted by molar-refractivity contribution is -0.0503. The molecule has 170 valence electrons. The van der Waals surface area contributed by atoms with Crippen molar-refractivity contribution in [3.63, 3.8) is 0 Å². The summed E-state index contributed by atoms with van der Waals surface area (Å²) in [5.74, 6) is -0.111. The van der Waals surface area contributed by atoms with Crippen LogP contribution in [0, 0.1) is 0 Å². The summed E-state index contributed by atoms with van der Waals surface area (Å²) in [4.78, 5) is 16.7. The summed E-state index contributed by atoms with van der Waals surface area (Å²) in [6.45, 7) is -3.02. The highest BCUT2D eigenvalue weighted by Crippen LogP contribution is 2.62. The average Bonchev–Trinajstić information content (AvgIpc) is 3.55. The molecule has 1 aliphatic heterocycles. The predicted molar refractivity (Wildman–Crippen MR) is 122 cm³/mol. The number of nitrogens with zero attached hydrogens (tertiary/aromatic N) is 2. The molecule has 2 fully saturated rings. The maximum atomic E-state index is 13.9. The van der Waals surface area contributed by atoms with E-state index in [1.807, 2.05) is 0 Å². The second-order valence-corrected chi connectivity index (χ2v) is 8.89. The van der Waals surface area contributed by atoms with Crippen LogP contribution in [-0.4, -0.2) is 23.3 Å². The van der Waals surface area contributed by atoms with Gasteiger partial charge in [0.05, 0.1) is 0 Å². The molecule has 1 heterocycles. The van der Waals surface area contributed by atoms with E-state index in [4.69, 9.17) is 23.2 Å². The number of aliphatic hydroxyl groups is 1. The van der Waals surface area contributed by atoms with Crippen LogP contribution in [0.1, 0.15) is 18.4 Å². The maximum Gasteiger partial charge on any atom is 0.387 e. The van der Waals surface area contributed by atoms with Gasteiger partial charge in [-0.15, -0.1) is 0 Å². The Hall–Kier alpha value is -2.87. The molecule has 1 spiro atoms. The van der Waals surface area contributed by atoms with Gasteiger partial charge in [0.25, 0.3) is 0 Å². The SMILES string of the molecule is O=C1N(c2ccc(Cl)cc2)C2(CC2)C(O)(c2cccc(OC(F)F)c2)N1c1ccc(Cl)cc1. The van der Waals surface area contributed by atoms with Crippen molar-refractivity contribution in [2.24, 2.45) is 0 Å². The number of alkyl halides is 2. The van der Waals surface area contributed by atoms with Crippen molar-refractivity contribution in [3.8, 4) is 5.75 Å². The number of ether oxygens (including phenoxy) is 1. The van der Waals surface area contributed by atoms with Crippen LogP contribution in [0.5, 0.6) is 5.75 Å². The summed E-state index contributed by atoms with van der Waals surface area (Å²) >= 11 is 12.1. The number of carbonyl (C=O) groups is 1. The van der Waals surface area contributed by atoms with Crippen molar-refractivity contribution in [1.29, 1.82) is 0 Å². The number of rotatable bonds is 5. The van der Waals surface area contributed by atoms with Crippen LogP contribution >= 0.6 is 23.2 Å². The quantitative estimate of drug-likeness (QED) is 0.448. The normalized spacial score (nSPS) is 21.2. The van der Waals surface area contributed by atoms with Gasteiger partial charge in [0, 0.05) is 27.0 Å². The first kappa shape index (κ1) is 21.9. The third-order valence-corrected chi connectivity index (χ3v) is 6.64. The topological polar surface area (TPSA) is 53.0 Å². The molecule has 3 aromatic carbocycles. The molecule has 1 N–H and O–H groups in total. The van der Waals surface area contributed by atoms with Crippen LogP contribution in [0.15, 0.2) is 72.8 Å². The molecule has 33 heavy (non-hydrogen) atoms. The first-order chi connectivity index (χ1) is 15.8. The van der Waals surface area contributed by atoms with Crippen LogP contribution in [0.25, 0.3) is 0 Å². The number of hydrogen-bond acceptors (Lipinski definition) is 3. The molecule has 1 aliphatic carbocycles. The zero-order valence-electron chi connectivity index (χ0n) is 17.1. The second kappa shape index (κ2) is 7.87. The zero-order chi connectivity index (χ0) is 23.4. The number of urea groups is 1. The molecule has 5 nitrogen and oxygen atoms in total. The fourth-order valence-electron chi connectivity index (χ4n) is 4.60. The molecule has 2 amide bonds. The average molecular weight is 491 g/mol. The van der Waals surface area contributed by atoms with Crippen molar-refractivity contribution < 1.29 is 23.4 Å². The van der Waals surface area contributed by atoms with E-state index in [9.17, 15) is 18.7 Å². The van der Waals surface area contributed by atoms with Crippen LogP contribution < -0.4 is 14.5 Å². The molecule has 0 aromatic heterocycles. The standard InChI is InChI=1S/C24H18Cl2F2N2O3/c25-16-4-8-18(9-5-16)29-22(31)30(19-10-6-17(26)7-11-19)24(32,23(29)12-13-23)15-2-1-3-20(14-15)33-21(27)28/h1-11,14,21,32H,12-13H2. The summed E-state index contributed by atoms with van der Waals surface area (Å²) in [6, 6.07) is 18.6. The molecular formula is C24H18Cl2F2N2O3. The van der Waals surface area contributed by atoms with Gasteiger partial charge < -0.3 is 9.84 Å². The molecule has 1 atom stereocenters. The van der Waals surface area contributed by atoms with Gasteiger partial charge in [0.1, 0.15) is 11.3 Å². The summed E-state index contributed by atoms with van der Waals surface area (Å²) in [5, 5.41) is 13.3. The van der Waals surface area contributed by atoms with E-state index in [0.717, 1.165) is 0 Å². The summed E-state index contributed by atoms with van der Waals surface area (Å²) in [6.07, 6.45) is 1.00. The zero-order valence-corrected chi connectivity index (χ0v) is 18.6. The molecule has 0 radical (unpaired) electrons. The molecule has 0 bridgehead atoms. The van der Waals surface area contributed by atoms with Gasteiger partial charge in [-0.25, -0.2) is 4.79 Å². The van der Waals surface area contributed by atoms with Crippen molar-refractivity contribution in [1.82, 2.24) is 0 Å². The van der Waals surface area contributed by atoms with Gasteiger partial charge in [-0.3, -0.25) is 9.80 Å². The predicted octanol–water partition coefficient (Wildman–Crippen LogP) is 6.42. The molecule has 1 unspecified atom stereocenters. The Labute approximate surface area is 198 Å². The molecule has 5 rings (SSSR count). The highest BCUT2D eigenvalue weighted by atomic mass is 35.5.